The van der Waals surface area contributed by atoms with Gasteiger partial charge in [-0.1, -0.05) is 42.5 Å². The highest BCUT2D eigenvalue weighted by Crippen LogP contribution is 2.32. The van der Waals surface area contributed by atoms with Crippen LogP contribution < -0.4 is 0 Å². The molecule has 0 aliphatic rings. The second-order valence-corrected chi connectivity index (χ2v) is 5.57. The average molecular weight is 288 g/mol. The maximum atomic E-state index is 12.3. The predicted molar refractivity (Wildman–Crippen MR) is 89.3 cm³/mol. The quantitative estimate of drug-likeness (QED) is 0.505. The third-order valence-corrected chi connectivity index (χ3v) is 4.23. The Morgan fingerprint density at radius 1 is 0.909 bits per heavy atom. The van der Waals surface area contributed by atoms with Crippen molar-refractivity contribution in [3.63, 3.8) is 0 Å². The average Bonchev–Trinajstić information content (AvgIpc) is 3.06. The van der Waals surface area contributed by atoms with Gasteiger partial charge in [0, 0.05) is 19.5 Å². The third kappa shape index (κ3) is 1.65. The summed E-state index contributed by atoms with van der Waals surface area (Å²) in [5.74, 6) is 0.0789. The standard InChI is InChI=1S/C19H16N2O/c1-13(22)19-15(14-8-4-3-5-9-14)12-18-20(2)16-10-6-7-11-17(16)21(18)19/h3-12H,1-2H3. The smallest absolute Gasteiger partial charge is 0.177 e. The van der Waals surface area contributed by atoms with Crippen molar-refractivity contribution in [1.82, 2.24) is 8.97 Å². The molecule has 0 unspecified atom stereocenters. The molecule has 0 atom stereocenters. The van der Waals surface area contributed by atoms with Crippen LogP contribution in [0.3, 0.4) is 0 Å². The molecular weight excluding hydrogens is 272 g/mol. The van der Waals surface area contributed by atoms with Gasteiger partial charge in [-0.2, -0.15) is 0 Å². The highest BCUT2D eigenvalue weighted by atomic mass is 16.1. The summed E-state index contributed by atoms with van der Waals surface area (Å²) < 4.78 is 4.20. The Hall–Kier alpha value is -2.81. The second kappa shape index (κ2) is 4.60. The van der Waals surface area contributed by atoms with Crippen molar-refractivity contribution >= 4 is 22.5 Å². The lowest BCUT2D eigenvalue weighted by Gasteiger charge is -2.03. The van der Waals surface area contributed by atoms with E-state index in [0.29, 0.717) is 0 Å². The maximum Gasteiger partial charge on any atom is 0.177 e. The van der Waals surface area contributed by atoms with Crippen molar-refractivity contribution in [1.29, 1.82) is 0 Å². The van der Waals surface area contributed by atoms with Crippen molar-refractivity contribution in [3.05, 3.63) is 66.4 Å². The van der Waals surface area contributed by atoms with E-state index < -0.39 is 0 Å². The van der Waals surface area contributed by atoms with Crippen molar-refractivity contribution < 1.29 is 4.79 Å². The van der Waals surface area contributed by atoms with Crippen LogP contribution in [0.4, 0.5) is 0 Å². The molecule has 0 amide bonds. The number of nitrogens with zero attached hydrogens (tertiary/aromatic N) is 2. The Bertz CT molecular complexity index is 1010. The Balaban J connectivity index is 2.19. The van der Waals surface area contributed by atoms with Crippen LogP contribution in [0.1, 0.15) is 17.4 Å². The number of carbonyl (C=O) groups excluding carboxylic acids is 1. The van der Waals surface area contributed by atoms with Crippen LogP contribution in [-0.4, -0.2) is 14.8 Å². The van der Waals surface area contributed by atoms with Crippen LogP contribution in [0.15, 0.2) is 60.7 Å². The van der Waals surface area contributed by atoms with Gasteiger partial charge in [-0.05, 0) is 23.8 Å². The van der Waals surface area contributed by atoms with Crippen LogP contribution >= 0.6 is 0 Å². The molecule has 0 saturated heterocycles. The van der Waals surface area contributed by atoms with E-state index >= 15 is 0 Å². The zero-order valence-electron chi connectivity index (χ0n) is 12.6. The van der Waals surface area contributed by atoms with E-state index in [-0.39, 0.29) is 5.78 Å². The van der Waals surface area contributed by atoms with Crippen molar-refractivity contribution in [2.45, 2.75) is 6.92 Å². The van der Waals surface area contributed by atoms with E-state index in [2.05, 4.69) is 27.2 Å². The lowest BCUT2D eigenvalue weighted by atomic mass is 10.0. The number of carbonyl (C=O) groups is 1. The molecule has 0 saturated carbocycles. The minimum atomic E-state index is 0.0789. The molecule has 0 spiro atoms. The highest BCUT2D eigenvalue weighted by Gasteiger charge is 2.20. The van der Waals surface area contributed by atoms with Crippen LogP contribution in [0.5, 0.6) is 0 Å². The molecule has 0 aliphatic carbocycles. The fraction of sp³-hybridized carbons (Fsp3) is 0.105. The first-order chi connectivity index (χ1) is 10.7. The molecule has 3 heteroatoms. The van der Waals surface area contributed by atoms with Crippen LogP contribution in [0.2, 0.25) is 0 Å². The monoisotopic (exact) mass is 288 g/mol. The summed E-state index contributed by atoms with van der Waals surface area (Å²) in [6.45, 7) is 1.63. The van der Waals surface area contributed by atoms with E-state index in [1.807, 2.05) is 49.5 Å². The first-order valence-corrected chi connectivity index (χ1v) is 7.33. The molecule has 4 rings (SSSR count). The minimum Gasteiger partial charge on any atom is -0.329 e. The number of hydrogen-bond donors (Lipinski definition) is 0. The maximum absolute atomic E-state index is 12.3. The SMILES string of the molecule is CC(=O)c1c(-c2ccccc2)cc2n(C)c3ccccc3n12. The fourth-order valence-corrected chi connectivity index (χ4v) is 3.23. The summed E-state index contributed by atoms with van der Waals surface area (Å²) >= 11 is 0. The first-order valence-electron chi connectivity index (χ1n) is 7.33. The molecule has 0 radical (unpaired) electrons. The van der Waals surface area contributed by atoms with Gasteiger partial charge in [-0.15, -0.1) is 0 Å². The number of para-hydroxylation sites is 2. The van der Waals surface area contributed by atoms with Gasteiger partial charge in [0.1, 0.15) is 5.65 Å². The largest absolute Gasteiger partial charge is 0.329 e. The Kier molecular flexibility index (Phi) is 2.70. The summed E-state index contributed by atoms with van der Waals surface area (Å²) in [6.07, 6.45) is 0. The van der Waals surface area contributed by atoms with Crippen LogP contribution in [0.25, 0.3) is 27.8 Å². The van der Waals surface area contributed by atoms with Crippen molar-refractivity contribution in [2.24, 2.45) is 7.05 Å². The van der Waals surface area contributed by atoms with Gasteiger partial charge in [-0.3, -0.25) is 9.20 Å². The van der Waals surface area contributed by atoms with Gasteiger partial charge < -0.3 is 4.57 Å². The van der Waals surface area contributed by atoms with Crippen LogP contribution in [0, 0.1) is 0 Å². The number of fused-ring (bicyclic) bond motifs is 3. The number of ketones is 1. The molecule has 0 N–H and O–H groups in total. The van der Waals surface area contributed by atoms with Gasteiger partial charge in [0.2, 0.25) is 0 Å². The zero-order valence-corrected chi connectivity index (χ0v) is 12.6. The van der Waals surface area contributed by atoms with E-state index in [1.54, 1.807) is 6.92 Å². The summed E-state index contributed by atoms with van der Waals surface area (Å²) in [6, 6.07) is 20.3. The number of aryl methyl sites for hydroxylation is 1. The normalized spacial score (nSPS) is 11.4. The number of hydrogen-bond acceptors (Lipinski definition) is 1. The lowest BCUT2D eigenvalue weighted by molar-refractivity contribution is 0.101. The Morgan fingerprint density at radius 2 is 1.55 bits per heavy atom. The van der Waals surface area contributed by atoms with Gasteiger partial charge in [0.05, 0.1) is 16.7 Å². The fourth-order valence-electron chi connectivity index (χ4n) is 3.23. The molecule has 3 nitrogen and oxygen atoms in total. The number of rotatable bonds is 2. The Labute approximate surface area is 128 Å². The van der Waals surface area contributed by atoms with Gasteiger partial charge in [-0.25, -0.2) is 0 Å². The van der Waals surface area contributed by atoms with Gasteiger partial charge in [0.25, 0.3) is 0 Å². The van der Waals surface area contributed by atoms with E-state index in [0.717, 1.165) is 33.5 Å². The topological polar surface area (TPSA) is 26.4 Å². The molecule has 2 aromatic carbocycles. The molecule has 4 aromatic rings. The van der Waals surface area contributed by atoms with Gasteiger partial charge in [0.15, 0.2) is 5.78 Å². The number of aromatic nitrogens is 2. The van der Waals surface area contributed by atoms with Gasteiger partial charge >= 0.3 is 0 Å². The first kappa shape index (κ1) is 12.9. The lowest BCUT2D eigenvalue weighted by Crippen LogP contribution is -2.00. The van der Waals surface area contributed by atoms with Crippen molar-refractivity contribution in [3.8, 4) is 11.1 Å². The summed E-state index contributed by atoms with van der Waals surface area (Å²) in [4.78, 5) is 12.3. The molecule has 108 valence electrons. The molecule has 2 heterocycles. The summed E-state index contributed by atoms with van der Waals surface area (Å²) in [7, 11) is 2.04. The van der Waals surface area contributed by atoms with Crippen LogP contribution in [-0.2, 0) is 7.05 Å². The van der Waals surface area contributed by atoms with E-state index in [9.17, 15) is 4.79 Å². The van der Waals surface area contributed by atoms with E-state index in [1.165, 1.54) is 0 Å². The number of imidazole rings is 1. The third-order valence-electron chi connectivity index (χ3n) is 4.23. The number of benzene rings is 2. The summed E-state index contributed by atoms with van der Waals surface area (Å²) in [5, 5.41) is 0. The molecular formula is C19H16N2O. The minimum absolute atomic E-state index is 0.0789. The van der Waals surface area contributed by atoms with E-state index in [4.69, 9.17) is 0 Å². The summed E-state index contributed by atoms with van der Waals surface area (Å²) in [5.41, 5.74) is 6.03. The number of Topliss-reactive ketones (excluding diaryl/α,β-unsaturated/α-hetero) is 1. The molecule has 0 fully saturated rings. The zero-order chi connectivity index (χ0) is 15.3. The molecule has 2 aromatic heterocycles. The second-order valence-electron chi connectivity index (χ2n) is 5.57. The molecule has 0 aliphatic heterocycles. The highest BCUT2D eigenvalue weighted by molar-refractivity contribution is 6.03. The molecule has 22 heavy (non-hydrogen) atoms. The molecule has 0 bridgehead atoms. The Morgan fingerprint density at radius 3 is 2.23 bits per heavy atom. The predicted octanol–water partition coefficient (Wildman–Crippen LogP) is 4.30. The van der Waals surface area contributed by atoms with Crippen molar-refractivity contribution in [2.75, 3.05) is 0 Å².